The summed E-state index contributed by atoms with van der Waals surface area (Å²) >= 11 is 14.3. The van der Waals surface area contributed by atoms with Gasteiger partial charge in [0.05, 0.1) is 18.9 Å². The van der Waals surface area contributed by atoms with Crippen molar-refractivity contribution in [2.24, 2.45) is 17.8 Å². The number of phenols is 2. The van der Waals surface area contributed by atoms with Crippen LogP contribution in [-0.2, 0) is 25.6 Å². The van der Waals surface area contributed by atoms with Crippen LogP contribution in [0.5, 0.6) is 17.2 Å². The third-order valence-electron chi connectivity index (χ3n) is 10.4. The molecule has 2 saturated heterocycles. The van der Waals surface area contributed by atoms with Crippen molar-refractivity contribution in [2.75, 3.05) is 18.6 Å². The van der Waals surface area contributed by atoms with Crippen LogP contribution in [0.4, 0.5) is 27.6 Å². The molecule has 3 aromatic carbocycles. The van der Waals surface area contributed by atoms with E-state index in [9.17, 15) is 42.6 Å². The first kappa shape index (κ1) is 34.7. The molecule has 2 aliphatic heterocycles. The van der Waals surface area contributed by atoms with Gasteiger partial charge in [0.2, 0.25) is 17.6 Å². The molecule has 0 aromatic heterocycles. The molecule has 4 aliphatic rings. The Balaban J connectivity index is 1.37. The average molecular weight is 751 g/mol. The maximum atomic E-state index is 15.2. The van der Waals surface area contributed by atoms with E-state index in [2.05, 4.69) is 0 Å². The van der Waals surface area contributed by atoms with Gasteiger partial charge in [-0.3, -0.25) is 24.1 Å². The van der Waals surface area contributed by atoms with Crippen LogP contribution in [0.1, 0.15) is 29.9 Å². The lowest BCUT2D eigenvalue weighted by molar-refractivity contribution is -0.140. The van der Waals surface area contributed by atoms with Gasteiger partial charge in [-0.1, -0.05) is 29.8 Å². The number of hydrogen-bond acceptors (Lipinski definition) is 7. The maximum Gasteiger partial charge on any atom is 0.258 e. The quantitative estimate of drug-likeness (QED) is 0.0839. The van der Waals surface area contributed by atoms with Crippen molar-refractivity contribution in [2.45, 2.75) is 34.9 Å². The number of anilines is 1. The summed E-state index contributed by atoms with van der Waals surface area (Å²) in [6, 6.07) is 9.79. The van der Waals surface area contributed by atoms with E-state index < -0.39 is 98.2 Å². The molecule has 6 unspecified atom stereocenters. The molecular weight excluding hydrogens is 726 g/mol. The molecule has 3 aromatic rings. The summed E-state index contributed by atoms with van der Waals surface area (Å²) in [5.74, 6) is -21.8. The normalized spacial score (nSPS) is 28.5. The number of alkyl halides is 2. The fourth-order valence-electron chi connectivity index (χ4n) is 8.04. The van der Waals surface area contributed by atoms with Crippen molar-refractivity contribution >= 4 is 52.5 Å². The predicted octanol–water partition coefficient (Wildman–Crippen LogP) is 5.61. The fraction of sp³-hybridized carbons (Fsp3) is 0.314. The highest BCUT2D eigenvalue weighted by Gasteiger charge is 2.77. The van der Waals surface area contributed by atoms with Gasteiger partial charge >= 0.3 is 0 Å². The topological polar surface area (TPSA) is 124 Å². The second kappa shape index (κ2) is 11.9. The van der Waals surface area contributed by atoms with Gasteiger partial charge in [0, 0.05) is 24.1 Å². The fourth-order valence-corrected chi connectivity index (χ4v) is 8.97. The number of allylic oxidation sites excluding steroid dienone is 2. The summed E-state index contributed by atoms with van der Waals surface area (Å²) in [5, 5.41) is 19.8. The van der Waals surface area contributed by atoms with Gasteiger partial charge in [-0.25, -0.2) is 26.9 Å². The number of likely N-dealkylation sites (tertiary alicyclic amines) is 1. The van der Waals surface area contributed by atoms with E-state index in [-0.39, 0.29) is 52.7 Å². The largest absolute Gasteiger partial charge is 0.508 e. The molecule has 51 heavy (non-hydrogen) atoms. The number of benzene rings is 3. The highest BCUT2D eigenvalue weighted by atomic mass is 35.5. The van der Waals surface area contributed by atoms with Gasteiger partial charge in [-0.2, -0.15) is 0 Å². The summed E-state index contributed by atoms with van der Waals surface area (Å²) in [6.45, 7) is -0.0381. The van der Waals surface area contributed by atoms with Crippen molar-refractivity contribution in [1.82, 2.24) is 4.90 Å². The van der Waals surface area contributed by atoms with Gasteiger partial charge < -0.3 is 14.9 Å². The summed E-state index contributed by atoms with van der Waals surface area (Å²) in [7, 11) is 1.21. The molecule has 0 radical (unpaired) electrons. The van der Waals surface area contributed by atoms with E-state index in [4.69, 9.17) is 27.9 Å². The molecule has 0 spiro atoms. The van der Waals surface area contributed by atoms with E-state index >= 15 is 8.78 Å². The number of phenolic OH excluding ortho intramolecular Hbond substituents is 2. The smallest absolute Gasteiger partial charge is 0.258 e. The number of amides is 4. The first-order chi connectivity index (χ1) is 24.1. The lowest BCUT2D eigenvalue weighted by atomic mass is 9.56. The predicted molar refractivity (Wildman–Crippen MR) is 170 cm³/mol. The number of methoxy groups -OCH3 is 1. The number of rotatable bonds is 6. The summed E-state index contributed by atoms with van der Waals surface area (Å²) in [4.78, 5) is 51.9. The standard InChI is InChI=1S/C35H25Cl2F5N2O7/c1-51-21-12-16(46)6-7-18(21)23-17-8-9-19-22(31(48)43(30(19)47)11-10-14-2-4-15(45)5-3-14)20(17)13-34(36)32(49)44(33(50)35(23,34)37)29-27(41)25(39)24(38)26(40)28(29)42/h2-8,12,19-20,22-23,45-46H,9-11,13H2,1H3. The van der Waals surface area contributed by atoms with Gasteiger partial charge in [-0.15, -0.1) is 23.2 Å². The number of halogens is 7. The number of aromatic hydroxyl groups is 2. The monoisotopic (exact) mass is 750 g/mol. The molecule has 2 N–H and O–H groups in total. The van der Waals surface area contributed by atoms with Crippen LogP contribution in [-0.4, -0.2) is 62.1 Å². The Morgan fingerprint density at radius 1 is 0.824 bits per heavy atom. The van der Waals surface area contributed by atoms with Crippen molar-refractivity contribution in [3.05, 3.63) is 94.3 Å². The molecule has 4 amide bonds. The van der Waals surface area contributed by atoms with Crippen LogP contribution in [0, 0.1) is 46.8 Å². The first-order valence-electron chi connectivity index (χ1n) is 15.6. The second-order valence-corrected chi connectivity index (χ2v) is 14.1. The molecule has 266 valence electrons. The minimum absolute atomic E-state index is 0.0258. The number of hydrogen-bond donors (Lipinski definition) is 2. The zero-order valence-corrected chi connectivity index (χ0v) is 27.7. The number of nitrogens with zero attached hydrogens (tertiary/aromatic N) is 2. The van der Waals surface area contributed by atoms with Crippen LogP contribution in [0.25, 0.3) is 0 Å². The zero-order valence-electron chi connectivity index (χ0n) is 26.2. The van der Waals surface area contributed by atoms with Gasteiger partial charge in [-0.05, 0) is 48.9 Å². The molecule has 6 atom stereocenters. The molecule has 2 heterocycles. The molecule has 0 bridgehead atoms. The van der Waals surface area contributed by atoms with Gasteiger partial charge in [0.15, 0.2) is 33.0 Å². The van der Waals surface area contributed by atoms with E-state index in [1.807, 2.05) is 0 Å². The maximum absolute atomic E-state index is 15.2. The van der Waals surface area contributed by atoms with E-state index in [1.54, 1.807) is 18.2 Å². The Bertz CT molecular complexity index is 2070. The lowest BCUT2D eigenvalue weighted by Gasteiger charge is -2.50. The van der Waals surface area contributed by atoms with Crippen LogP contribution in [0.15, 0.2) is 54.1 Å². The van der Waals surface area contributed by atoms with Crippen LogP contribution in [0.2, 0.25) is 0 Å². The number of carbonyl (C=O) groups is 4. The van der Waals surface area contributed by atoms with Crippen molar-refractivity contribution in [1.29, 1.82) is 0 Å². The average Bonchev–Trinajstić information content (AvgIpc) is 3.44. The molecule has 9 nitrogen and oxygen atoms in total. The highest BCUT2D eigenvalue weighted by Crippen LogP contribution is 2.66. The number of imide groups is 2. The lowest BCUT2D eigenvalue weighted by Crippen LogP contribution is -2.60. The van der Waals surface area contributed by atoms with Crippen LogP contribution < -0.4 is 9.64 Å². The minimum atomic E-state index is -2.73. The molecule has 1 saturated carbocycles. The Kier molecular flexibility index (Phi) is 8.14. The Morgan fingerprint density at radius 3 is 2.06 bits per heavy atom. The molecule has 2 aliphatic carbocycles. The third-order valence-corrected chi connectivity index (χ3v) is 11.8. The van der Waals surface area contributed by atoms with Crippen LogP contribution in [0.3, 0.4) is 0 Å². The zero-order chi connectivity index (χ0) is 36.9. The van der Waals surface area contributed by atoms with E-state index in [0.29, 0.717) is 5.56 Å². The summed E-state index contributed by atoms with van der Waals surface area (Å²) in [5.41, 5.74) is -0.886. The molecule has 7 rings (SSSR count). The summed E-state index contributed by atoms with van der Waals surface area (Å²) < 4.78 is 78.8. The molecular formula is C35H25Cl2F5N2O7. The number of ether oxygens (including phenoxy) is 1. The molecule has 16 heteroatoms. The van der Waals surface area contributed by atoms with Gasteiger partial charge in [0.25, 0.3) is 11.8 Å². The Morgan fingerprint density at radius 2 is 1.43 bits per heavy atom. The Labute approximate surface area is 295 Å². The highest BCUT2D eigenvalue weighted by molar-refractivity contribution is 6.58. The van der Waals surface area contributed by atoms with E-state index in [1.165, 1.54) is 31.4 Å². The Hall–Kier alpha value is -4.69. The SMILES string of the molecule is COc1cc(O)ccc1C1C2=CCC3C(=O)N(CCc4ccc(O)cc4)C(=O)C3C2CC2(Cl)C(=O)N(c3c(F)c(F)c(F)c(F)c3F)C(=O)C12Cl. The number of fused-ring (bicyclic) bond motifs is 4. The molecule has 3 fully saturated rings. The summed E-state index contributed by atoms with van der Waals surface area (Å²) in [6.07, 6.45) is 1.13. The minimum Gasteiger partial charge on any atom is -0.508 e. The van der Waals surface area contributed by atoms with E-state index in [0.717, 1.165) is 11.0 Å². The van der Waals surface area contributed by atoms with Gasteiger partial charge in [0.1, 0.15) is 22.9 Å². The number of carbonyl (C=O) groups excluding carboxylic acids is 4. The van der Waals surface area contributed by atoms with Crippen molar-refractivity contribution in [3.8, 4) is 17.2 Å². The van der Waals surface area contributed by atoms with Crippen molar-refractivity contribution in [3.63, 3.8) is 0 Å². The van der Waals surface area contributed by atoms with Crippen molar-refractivity contribution < 1.29 is 56.1 Å². The third kappa shape index (κ3) is 4.71. The van der Waals surface area contributed by atoms with Crippen LogP contribution >= 0.6 is 23.2 Å². The first-order valence-corrected chi connectivity index (χ1v) is 16.3. The second-order valence-electron chi connectivity index (χ2n) is 12.9.